The first-order chi connectivity index (χ1) is 23.7. The molecule has 0 unspecified atom stereocenters. The number of ether oxygens (including phenoxy) is 1. The smallest absolute Gasteiger partial charge is 0.227 e. The number of carbonyl (C=O) groups excluding carboxylic acids is 2. The first-order valence-electron chi connectivity index (χ1n) is 20.8. The van der Waals surface area contributed by atoms with Gasteiger partial charge in [0, 0.05) is 19.4 Å². The molecule has 0 bridgehead atoms. The van der Waals surface area contributed by atoms with E-state index in [1.165, 1.54) is 127 Å². The second kappa shape index (κ2) is 29.5. The summed E-state index contributed by atoms with van der Waals surface area (Å²) in [6, 6.07) is 0. The molecule has 0 spiro atoms. The van der Waals surface area contributed by atoms with E-state index in [1.807, 2.05) is 0 Å². The zero-order valence-electron chi connectivity index (χ0n) is 31.9. The molecule has 5 atom stereocenters. The number of hydrogen-bond donors (Lipinski definition) is 5. The lowest BCUT2D eigenvalue weighted by Gasteiger charge is -2.51. The molecule has 0 radical (unpaired) electrons. The van der Waals surface area contributed by atoms with Crippen molar-refractivity contribution in [3.8, 4) is 0 Å². The number of Topliss-reactive ketones (excluding diaryl/α,β-unsaturated/α-hetero) is 1. The van der Waals surface area contributed by atoms with Crippen LogP contribution in [-0.2, 0) is 14.3 Å². The Morgan fingerprint density at radius 3 is 1.35 bits per heavy atom. The molecule has 290 valence electrons. The van der Waals surface area contributed by atoms with Crippen LogP contribution in [0.5, 0.6) is 0 Å². The molecule has 0 saturated carbocycles. The Kier molecular flexibility index (Phi) is 27.6. The number of rotatable bonds is 33. The Morgan fingerprint density at radius 1 is 0.592 bits per heavy atom. The molecule has 1 aliphatic heterocycles. The normalized spacial score (nSPS) is 22.4. The molecule has 1 fully saturated rings. The number of amides is 1. The zero-order valence-corrected chi connectivity index (χ0v) is 31.9. The first kappa shape index (κ1) is 45.9. The van der Waals surface area contributed by atoms with Crippen molar-refractivity contribution in [1.29, 1.82) is 0 Å². The highest BCUT2D eigenvalue weighted by Gasteiger charge is 2.55. The van der Waals surface area contributed by atoms with Gasteiger partial charge in [0.2, 0.25) is 11.8 Å². The molecule has 1 rings (SSSR count). The molecule has 1 amide bonds. The van der Waals surface area contributed by atoms with Gasteiger partial charge in [0.15, 0.2) is 0 Å². The van der Waals surface area contributed by atoms with Crippen LogP contribution >= 0.6 is 0 Å². The summed E-state index contributed by atoms with van der Waals surface area (Å²) >= 11 is 0. The number of carbonyl (C=O) groups is 2. The van der Waals surface area contributed by atoms with Gasteiger partial charge in [0.25, 0.3) is 0 Å². The average molecular weight is 698 g/mol. The summed E-state index contributed by atoms with van der Waals surface area (Å²) in [6.07, 6.45) is 26.6. The van der Waals surface area contributed by atoms with Crippen molar-refractivity contribution in [2.75, 3.05) is 13.1 Å². The third-order valence-electron chi connectivity index (χ3n) is 10.4. The fraction of sp³-hybridized carbons (Fsp3) is 0.950. The summed E-state index contributed by atoms with van der Waals surface area (Å²) in [4.78, 5) is 27.1. The van der Waals surface area contributed by atoms with Crippen molar-refractivity contribution in [3.05, 3.63) is 0 Å². The van der Waals surface area contributed by atoms with Crippen LogP contribution in [0, 0.1) is 0 Å². The predicted octanol–water partition coefficient (Wildman–Crippen LogP) is 7.79. The molecule has 7 N–H and O–H groups in total. The molecule has 9 heteroatoms. The molecule has 1 heterocycles. The lowest BCUT2D eigenvalue weighted by atomic mass is 9.91. The standard InChI is InChI=1S/C40H79N3O6/c1-3-5-7-9-11-13-15-17-18-19-20-22-24-26-28-30-36(45)43(31-29-27-25-23-21-16-14-12-10-8-6-4-2)40(42)39(48)38(47)37(46)35(49-40)32-34(44)33-41/h35,37-39,46-48H,3-33,41-42H2,1-2H3/t35-,37-,38+,39-,40+/m1/s1. The SMILES string of the molecule is CCCCCCCCCCCCCCCCCC(=O)N(CCCCCCCCCCCCCC)[C@]1(N)O[C@H](CC(=O)CN)[C@@H](O)[C@H](O)[C@H]1O. The van der Waals surface area contributed by atoms with Crippen molar-refractivity contribution < 1.29 is 29.6 Å². The van der Waals surface area contributed by atoms with Gasteiger partial charge in [0.05, 0.1) is 12.6 Å². The van der Waals surface area contributed by atoms with E-state index in [2.05, 4.69) is 13.8 Å². The maximum atomic E-state index is 13.7. The second-order valence-electron chi connectivity index (χ2n) is 14.9. The van der Waals surface area contributed by atoms with Crippen LogP contribution in [0.1, 0.15) is 200 Å². The number of unbranched alkanes of at least 4 members (excludes halogenated alkanes) is 25. The van der Waals surface area contributed by atoms with E-state index in [9.17, 15) is 24.9 Å². The van der Waals surface area contributed by atoms with Crippen LogP contribution < -0.4 is 11.5 Å². The second-order valence-corrected chi connectivity index (χ2v) is 14.9. The maximum Gasteiger partial charge on any atom is 0.227 e. The summed E-state index contributed by atoms with van der Waals surface area (Å²) in [7, 11) is 0. The van der Waals surface area contributed by atoms with Gasteiger partial charge in [-0.15, -0.1) is 0 Å². The predicted molar refractivity (Wildman–Crippen MR) is 201 cm³/mol. The van der Waals surface area contributed by atoms with Crippen LogP contribution in [0.15, 0.2) is 0 Å². The van der Waals surface area contributed by atoms with Crippen LogP contribution in [0.3, 0.4) is 0 Å². The highest BCUT2D eigenvalue weighted by molar-refractivity contribution is 5.80. The molecule has 0 aromatic carbocycles. The number of ketones is 1. The van der Waals surface area contributed by atoms with E-state index >= 15 is 0 Å². The van der Waals surface area contributed by atoms with E-state index in [1.54, 1.807) is 0 Å². The van der Waals surface area contributed by atoms with Crippen LogP contribution in [0.25, 0.3) is 0 Å². The quantitative estimate of drug-likeness (QED) is 0.0343. The monoisotopic (exact) mass is 698 g/mol. The highest BCUT2D eigenvalue weighted by Crippen LogP contribution is 2.32. The summed E-state index contributed by atoms with van der Waals surface area (Å²) in [5, 5.41) is 32.3. The molecule has 0 aromatic heterocycles. The summed E-state index contributed by atoms with van der Waals surface area (Å²) in [6.45, 7) is 4.52. The lowest BCUT2D eigenvalue weighted by Crippen LogP contribution is -2.76. The molecule has 1 saturated heterocycles. The third-order valence-corrected chi connectivity index (χ3v) is 10.4. The van der Waals surface area contributed by atoms with Crippen molar-refractivity contribution in [2.24, 2.45) is 11.5 Å². The van der Waals surface area contributed by atoms with Gasteiger partial charge in [-0.2, -0.15) is 0 Å². The molecular formula is C40H79N3O6. The van der Waals surface area contributed by atoms with Crippen molar-refractivity contribution >= 4 is 11.7 Å². The van der Waals surface area contributed by atoms with Gasteiger partial charge in [-0.1, -0.05) is 174 Å². The number of nitrogens with two attached hydrogens (primary N) is 2. The van der Waals surface area contributed by atoms with Gasteiger partial charge in [-0.05, 0) is 12.8 Å². The molecule has 0 aromatic rings. The molecule has 0 aliphatic carbocycles. The van der Waals surface area contributed by atoms with E-state index < -0.39 is 30.3 Å². The summed E-state index contributed by atoms with van der Waals surface area (Å²) < 4.78 is 5.96. The molecule has 9 nitrogen and oxygen atoms in total. The Hall–Kier alpha value is -1.10. The maximum absolute atomic E-state index is 13.7. The molecule has 49 heavy (non-hydrogen) atoms. The fourth-order valence-electron chi connectivity index (χ4n) is 7.11. The summed E-state index contributed by atoms with van der Waals surface area (Å²) in [5.74, 6) is -2.67. The van der Waals surface area contributed by atoms with E-state index in [0.717, 1.165) is 38.5 Å². The minimum Gasteiger partial charge on any atom is -0.388 e. The Morgan fingerprint density at radius 2 is 0.959 bits per heavy atom. The summed E-state index contributed by atoms with van der Waals surface area (Å²) in [5.41, 5.74) is 12.1. The molecular weight excluding hydrogens is 618 g/mol. The number of aliphatic hydroxyl groups excluding tert-OH is 3. The van der Waals surface area contributed by atoms with Gasteiger partial charge in [0.1, 0.15) is 24.1 Å². The number of nitrogens with zero attached hydrogens (tertiary/aromatic N) is 1. The van der Waals surface area contributed by atoms with Crippen molar-refractivity contribution in [1.82, 2.24) is 4.90 Å². The van der Waals surface area contributed by atoms with Crippen LogP contribution in [0.2, 0.25) is 0 Å². The first-order valence-corrected chi connectivity index (χ1v) is 20.8. The third kappa shape index (κ3) is 19.9. The van der Waals surface area contributed by atoms with Crippen LogP contribution in [-0.4, -0.2) is 75.3 Å². The lowest BCUT2D eigenvalue weighted by molar-refractivity contribution is -0.308. The Balaban J connectivity index is 2.54. The largest absolute Gasteiger partial charge is 0.388 e. The minimum atomic E-state index is -2.05. The van der Waals surface area contributed by atoms with Gasteiger partial charge < -0.3 is 25.8 Å². The Bertz CT molecular complexity index is 817. The fourth-order valence-corrected chi connectivity index (χ4v) is 7.11. The van der Waals surface area contributed by atoms with Gasteiger partial charge >= 0.3 is 0 Å². The van der Waals surface area contributed by atoms with E-state index in [0.29, 0.717) is 12.8 Å². The highest BCUT2D eigenvalue weighted by atomic mass is 16.6. The molecule has 1 aliphatic rings. The minimum absolute atomic E-state index is 0.244. The topological polar surface area (TPSA) is 159 Å². The van der Waals surface area contributed by atoms with Gasteiger partial charge in [-0.3, -0.25) is 20.2 Å². The van der Waals surface area contributed by atoms with Crippen LogP contribution in [0.4, 0.5) is 0 Å². The number of hydrogen-bond acceptors (Lipinski definition) is 8. The number of aliphatic hydroxyl groups is 3. The average Bonchev–Trinajstić information content (AvgIpc) is 3.09. The van der Waals surface area contributed by atoms with Crippen molar-refractivity contribution in [3.63, 3.8) is 0 Å². The van der Waals surface area contributed by atoms with E-state index in [4.69, 9.17) is 16.2 Å². The van der Waals surface area contributed by atoms with Crippen molar-refractivity contribution in [2.45, 2.75) is 230 Å². The van der Waals surface area contributed by atoms with E-state index in [-0.39, 0.29) is 37.6 Å². The Labute approximate surface area is 300 Å². The van der Waals surface area contributed by atoms with Gasteiger partial charge in [-0.25, -0.2) is 0 Å². The zero-order chi connectivity index (χ0) is 36.2.